The van der Waals surface area contributed by atoms with E-state index in [4.69, 9.17) is 0 Å². The van der Waals surface area contributed by atoms with Crippen LogP contribution in [-0.2, 0) is 6.54 Å². The first-order valence-corrected chi connectivity index (χ1v) is 7.76. The lowest BCUT2D eigenvalue weighted by Crippen LogP contribution is -2.46. The zero-order valence-corrected chi connectivity index (χ0v) is 12.7. The molecular formula is C14H18FN5S. The van der Waals surface area contributed by atoms with Gasteiger partial charge in [0.15, 0.2) is 0 Å². The SMILES string of the molecule is CNc1snnc1CN1CCN(c2ccccc2F)CC1. The summed E-state index contributed by atoms with van der Waals surface area (Å²) < 4.78 is 17.8. The molecule has 2 heterocycles. The Kier molecular flexibility index (Phi) is 4.31. The van der Waals surface area contributed by atoms with Gasteiger partial charge in [-0.2, -0.15) is 0 Å². The van der Waals surface area contributed by atoms with Crippen LogP contribution in [0, 0.1) is 5.82 Å². The summed E-state index contributed by atoms with van der Waals surface area (Å²) in [6.45, 7) is 4.24. The Morgan fingerprint density at radius 3 is 2.71 bits per heavy atom. The molecule has 0 aliphatic carbocycles. The van der Waals surface area contributed by atoms with Gasteiger partial charge in [0.1, 0.15) is 16.5 Å². The number of hydrogen-bond acceptors (Lipinski definition) is 6. The van der Waals surface area contributed by atoms with Gasteiger partial charge in [-0.05, 0) is 12.1 Å². The van der Waals surface area contributed by atoms with Crippen molar-refractivity contribution in [2.24, 2.45) is 0 Å². The topological polar surface area (TPSA) is 44.3 Å². The number of para-hydroxylation sites is 1. The van der Waals surface area contributed by atoms with Gasteiger partial charge in [0.2, 0.25) is 0 Å². The van der Waals surface area contributed by atoms with Crippen LogP contribution in [0.4, 0.5) is 15.1 Å². The minimum absolute atomic E-state index is 0.146. The Labute approximate surface area is 127 Å². The highest BCUT2D eigenvalue weighted by atomic mass is 32.1. The number of piperazine rings is 1. The number of anilines is 2. The Morgan fingerprint density at radius 2 is 2.00 bits per heavy atom. The molecule has 1 aliphatic heterocycles. The molecule has 1 aromatic heterocycles. The van der Waals surface area contributed by atoms with E-state index in [0.29, 0.717) is 5.69 Å². The van der Waals surface area contributed by atoms with Gasteiger partial charge in [-0.15, -0.1) is 5.10 Å². The summed E-state index contributed by atoms with van der Waals surface area (Å²) in [5.41, 5.74) is 1.69. The molecule has 0 atom stereocenters. The summed E-state index contributed by atoms with van der Waals surface area (Å²) in [4.78, 5) is 4.43. The van der Waals surface area contributed by atoms with E-state index in [2.05, 4.69) is 24.7 Å². The van der Waals surface area contributed by atoms with Gasteiger partial charge in [0, 0.05) is 51.3 Å². The normalized spacial score (nSPS) is 16.2. The molecule has 1 aliphatic rings. The molecule has 0 bridgehead atoms. The van der Waals surface area contributed by atoms with Crippen molar-refractivity contribution < 1.29 is 4.39 Å². The van der Waals surface area contributed by atoms with Crippen LogP contribution in [0.15, 0.2) is 24.3 Å². The molecule has 2 aromatic rings. The summed E-state index contributed by atoms with van der Waals surface area (Å²) in [7, 11) is 1.88. The number of halogens is 1. The first-order valence-electron chi connectivity index (χ1n) is 6.98. The van der Waals surface area contributed by atoms with Crippen molar-refractivity contribution in [1.82, 2.24) is 14.5 Å². The lowest BCUT2D eigenvalue weighted by Gasteiger charge is -2.35. The maximum absolute atomic E-state index is 13.8. The van der Waals surface area contributed by atoms with Gasteiger partial charge in [-0.25, -0.2) is 4.39 Å². The Hall–Kier alpha value is -1.73. The van der Waals surface area contributed by atoms with Crippen LogP contribution >= 0.6 is 11.5 Å². The van der Waals surface area contributed by atoms with E-state index in [1.165, 1.54) is 17.6 Å². The van der Waals surface area contributed by atoms with Crippen molar-refractivity contribution in [3.63, 3.8) is 0 Å². The van der Waals surface area contributed by atoms with E-state index in [1.807, 2.05) is 19.2 Å². The average Bonchev–Trinajstić information content (AvgIpc) is 2.96. The van der Waals surface area contributed by atoms with Gasteiger partial charge >= 0.3 is 0 Å². The predicted octanol–water partition coefficient (Wildman–Crippen LogP) is 2.04. The summed E-state index contributed by atoms with van der Waals surface area (Å²) in [5, 5.41) is 8.30. The van der Waals surface area contributed by atoms with Crippen molar-refractivity contribution in [2.75, 3.05) is 43.4 Å². The molecule has 112 valence electrons. The molecule has 1 N–H and O–H groups in total. The Balaban J connectivity index is 1.59. The van der Waals surface area contributed by atoms with Gasteiger partial charge < -0.3 is 10.2 Å². The number of nitrogens with zero attached hydrogens (tertiary/aromatic N) is 4. The summed E-state index contributed by atoms with van der Waals surface area (Å²) in [5.74, 6) is -0.146. The van der Waals surface area contributed by atoms with E-state index < -0.39 is 0 Å². The average molecular weight is 307 g/mol. The second-order valence-electron chi connectivity index (χ2n) is 5.01. The van der Waals surface area contributed by atoms with Crippen LogP contribution in [0.1, 0.15) is 5.69 Å². The predicted molar refractivity (Wildman–Crippen MR) is 83.3 cm³/mol. The first-order chi connectivity index (χ1) is 10.3. The Morgan fingerprint density at radius 1 is 1.24 bits per heavy atom. The molecular weight excluding hydrogens is 289 g/mol. The molecule has 21 heavy (non-hydrogen) atoms. The summed E-state index contributed by atoms with van der Waals surface area (Å²) in [6, 6.07) is 6.96. The van der Waals surface area contributed by atoms with E-state index in [-0.39, 0.29) is 5.82 Å². The number of hydrogen-bond donors (Lipinski definition) is 1. The highest BCUT2D eigenvalue weighted by Gasteiger charge is 2.20. The molecule has 1 saturated heterocycles. The number of aromatic nitrogens is 2. The lowest BCUT2D eigenvalue weighted by molar-refractivity contribution is 0.247. The van der Waals surface area contributed by atoms with Crippen molar-refractivity contribution in [3.8, 4) is 0 Å². The number of benzene rings is 1. The minimum atomic E-state index is -0.146. The van der Waals surface area contributed by atoms with Crippen molar-refractivity contribution in [2.45, 2.75) is 6.54 Å². The monoisotopic (exact) mass is 307 g/mol. The Bertz CT molecular complexity index is 595. The molecule has 7 heteroatoms. The van der Waals surface area contributed by atoms with Crippen LogP contribution in [0.3, 0.4) is 0 Å². The third-order valence-corrected chi connectivity index (χ3v) is 4.51. The molecule has 0 amide bonds. The highest BCUT2D eigenvalue weighted by Crippen LogP contribution is 2.22. The maximum atomic E-state index is 13.8. The minimum Gasteiger partial charge on any atom is -0.377 e. The molecule has 0 radical (unpaired) electrons. The smallest absolute Gasteiger partial charge is 0.146 e. The van der Waals surface area contributed by atoms with E-state index in [1.54, 1.807) is 6.07 Å². The van der Waals surface area contributed by atoms with Gasteiger partial charge in [-0.1, -0.05) is 16.6 Å². The van der Waals surface area contributed by atoms with Crippen LogP contribution in [0.25, 0.3) is 0 Å². The molecule has 1 aromatic carbocycles. The summed E-state index contributed by atoms with van der Waals surface area (Å²) in [6.07, 6.45) is 0. The molecule has 0 spiro atoms. The van der Waals surface area contributed by atoms with Gasteiger partial charge in [0.25, 0.3) is 0 Å². The second kappa shape index (κ2) is 6.36. The van der Waals surface area contributed by atoms with E-state index >= 15 is 0 Å². The van der Waals surface area contributed by atoms with E-state index in [0.717, 1.165) is 43.4 Å². The standard InChI is InChI=1S/C14H18FN5S/c1-16-14-12(17-18-21-14)10-19-6-8-20(9-7-19)13-5-3-2-4-11(13)15/h2-5,16H,6-10H2,1H3. The zero-order valence-electron chi connectivity index (χ0n) is 11.9. The molecule has 1 fully saturated rings. The fourth-order valence-corrected chi connectivity index (χ4v) is 3.09. The fraction of sp³-hybridized carbons (Fsp3) is 0.429. The molecule has 3 rings (SSSR count). The van der Waals surface area contributed by atoms with Crippen molar-refractivity contribution in [3.05, 3.63) is 35.8 Å². The van der Waals surface area contributed by atoms with Crippen LogP contribution < -0.4 is 10.2 Å². The van der Waals surface area contributed by atoms with Crippen molar-refractivity contribution >= 4 is 22.2 Å². The molecule has 5 nitrogen and oxygen atoms in total. The van der Waals surface area contributed by atoms with Crippen molar-refractivity contribution in [1.29, 1.82) is 0 Å². The number of rotatable bonds is 4. The number of nitrogens with one attached hydrogen (secondary N) is 1. The van der Waals surface area contributed by atoms with Crippen LogP contribution in [-0.4, -0.2) is 47.7 Å². The fourth-order valence-electron chi connectivity index (χ4n) is 2.57. The third kappa shape index (κ3) is 3.14. The van der Waals surface area contributed by atoms with E-state index in [9.17, 15) is 4.39 Å². The highest BCUT2D eigenvalue weighted by molar-refractivity contribution is 7.10. The zero-order chi connectivity index (χ0) is 14.7. The van der Waals surface area contributed by atoms with Crippen LogP contribution in [0.2, 0.25) is 0 Å². The first kappa shape index (κ1) is 14.2. The molecule has 0 unspecified atom stereocenters. The summed E-state index contributed by atoms with van der Waals surface area (Å²) >= 11 is 1.38. The quantitative estimate of drug-likeness (QED) is 0.936. The largest absolute Gasteiger partial charge is 0.377 e. The van der Waals surface area contributed by atoms with Gasteiger partial charge in [0.05, 0.1) is 5.69 Å². The second-order valence-corrected chi connectivity index (χ2v) is 5.77. The molecule has 0 saturated carbocycles. The maximum Gasteiger partial charge on any atom is 0.146 e. The lowest BCUT2D eigenvalue weighted by atomic mass is 10.2. The third-order valence-electron chi connectivity index (χ3n) is 3.72. The van der Waals surface area contributed by atoms with Crippen LogP contribution in [0.5, 0.6) is 0 Å². The van der Waals surface area contributed by atoms with Gasteiger partial charge in [-0.3, -0.25) is 4.90 Å².